The predicted molar refractivity (Wildman–Crippen MR) is 112 cm³/mol. The van der Waals surface area contributed by atoms with Gasteiger partial charge in [-0.05, 0) is 49.6 Å². The monoisotopic (exact) mass is 413 g/mol. The summed E-state index contributed by atoms with van der Waals surface area (Å²) >= 11 is 6.18. The third-order valence-corrected chi connectivity index (χ3v) is 4.92. The van der Waals surface area contributed by atoms with E-state index in [-0.39, 0.29) is 12.5 Å². The summed E-state index contributed by atoms with van der Waals surface area (Å²) < 4.78 is 11.3. The minimum Gasteiger partial charge on any atom is -0.480 e. The van der Waals surface area contributed by atoms with Gasteiger partial charge < -0.3 is 14.2 Å². The Labute approximate surface area is 175 Å². The van der Waals surface area contributed by atoms with Crippen molar-refractivity contribution in [2.24, 2.45) is 0 Å². The first-order valence-electron chi connectivity index (χ1n) is 9.45. The third kappa shape index (κ3) is 4.95. The van der Waals surface area contributed by atoms with Crippen LogP contribution in [-0.2, 0) is 11.3 Å². The molecule has 2 aromatic carbocycles. The zero-order chi connectivity index (χ0) is 21.0. The molecule has 152 valence electrons. The molecule has 3 aromatic rings. The molecule has 0 aliphatic carbocycles. The van der Waals surface area contributed by atoms with Crippen LogP contribution in [0.2, 0.25) is 5.02 Å². The molecule has 3 rings (SSSR count). The Kier molecular flexibility index (Phi) is 6.54. The van der Waals surface area contributed by atoms with Crippen molar-refractivity contribution in [1.82, 2.24) is 15.0 Å². The smallest absolute Gasteiger partial charge is 0.263 e. The lowest BCUT2D eigenvalue weighted by molar-refractivity contribution is -0.138. The van der Waals surface area contributed by atoms with Gasteiger partial charge in [0.05, 0.1) is 11.6 Å². The minimum absolute atomic E-state index is 0.147. The van der Waals surface area contributed by atoms with Crippen LogP contribution in [0.25, 0.3) is 11.4 Å². The molecule has 0 aliphatic heterocycles. The largest absolute Gasteiger partial charge is 0.480 e. The molecule has 7 heteroatoms. The summed E-state index contributed by atoms with van der Waals surface area (Å²) in [4.78, 5) is 18.8. The summed E-state index contributed by atoms with van der Waals surface area (Å²) in [6.07, 6.45) is -0.0444. The number of aromatic nitrogens is 2. The number of hydrogen-bond acceptors (Lipinski definition) is 5. The van der Waals surface area contributed by atoms with E-state index in [1.54, 1.807) is 13.1 Å². The highest BCUT2D eigenvalue weighted by Crippen LogP contribution is 2.25. The summed E-state index contributed by atoms with van der Waals surface area (Å²) in [6.45, 7) is 6.06. The molecule has 0 N–H and O–H groups in total. The SMILES string of the molecule is CC[C@H](Oc1cc(C)ccc1C)C(=O)N(C)Cc1nc(-c2ccccc2Cl)no1. The predicted octanol–water partition coefficient (Wildman–Crippen LogP) is 4.82. The first-order valence-corrected chi connectivity index (χ1v) is 9.83. The molecule has 1 heterocycles. The average molecular weight is 414 g/mol. The quantitative estimate of drug-likeness (QED) is 0.555. The molecule has 0 saturated carbocycles. The second-order valence-electron chi connectivity index (χ2n) is 6.97. The van der Waals surface area contributed by atoms with Crippen LogP contribution in [0.5, 0.6) is 5.75 Å². The van der Waals surface area contributed by atoms with Gasteiger partial charge in [-0.1, -0.05) is 47.9 Å². The number of amides is 1. The van der Waals surface area contributed by atoms with Gasteiger partial charge in [-0.2, -0.15) is 4.98 Å². The van der Waals surface area contributed by atoms with Gasteiger partial charge in [0, 0.05) is 12.6 Å². The molecule has 0 bridgehead atoms. The summed E-state index contributed by atoms with van der Waals surface area (Å²) in [7, 11) is 1.69. The minimum atomic E-state index is -0.591. The number of carbonyl (C=O) groups excluding carboxylic acids is 1. The van der Waals surface area contributed by atoms with E-state index in [2.05, 4.69) is 10.1 Å². The van der Waals surface area contributed by atoms with Crippen LogP contribution in [0.1, 0.15) is 30.4 Å². The fourth-order valence-corrected chi connectivity index (χ4v) is 3.11. The lowest BCUT2D eigenvalue weighted by Crippen LogP contribution is -2.39. The molecule has 6 nitrogen and oxygen atoms in total. The van der Waals surface area contributed by atoms with E-state index in [1.165, 1.54) is 4.90 Å². The molecule has 0 aliphatic rings. The maximum atomic E-state index is 12.9. The number of ether oxygens (including phenoxy) is 1. The Morgan fingerprint density at radius 1 is 1.24 bits per heavy atom. The molecule has 0 radical (unpaired) electrons. The number of halogens is 1. The average Bonchev–Trinajstić information content (AvgIpc) is 3.16. The lowest BCUT2D eigenvalue weighted by atomic mass is 10.1. The second kappa shape index (κ2) is 9.09. The number of carbonyl (C=O) groups is 1. The van der Waals surface area contributed by atoms with Gasteiger partial charge >= 0.3 is 0 Å². The van der Waals surface area contributed by atoms with Crippen LogP contribution in [0.4, 0.5) is 0 Å². The summed E-state index contributed by atoms with van der Waals surface area (Å²) in [5.74, 6) is 1.30. The second-order valence-corrected chi connectivity index (χ2v) is 7.38. The Bertz CT molecular complexity index is 1000. The number of likely N-dealkylation sites (N-methyl/N-ethyl adjacent to an activating group) is 1. The van der Waals surface area contributed by atoms with E-state index in [4.69, 9.17) is 20.9 Å². The molecule has 0 spiro atoms. The first kappa shape index (κ1) is 20.9. The van der Waals surface area contributed by atoms with Gasteiger partial charge in [0.25, 0.3) is 5.91 Å². The van der Waals surface area contributed by atoms with Crippen molar-refractivity contribution in [3.05, 3.63) is 64.5 Å². The standard InChI is InChI=1S/C22H24ClN3O3/c1-5-18(28-19-12-14(2)10-11-15(19)3)22(27)26(4)13-20-24-21(25-29-20)16-8-6-7-9-17(16)23/h6-12,18H,5,13H2,1-4H3/t18-/m0/s1. The first-order chi connectivity index (χ1) is 13.9. The number of nitrogens with zero attached hydrogens (tertiary/aromatic N) is 3. The Morgan fingerprint density at radius 2 is 2.00 bits per heavy atom. The lowest BCUT2D eigenvalue weighted by Gasteiger charge is -2.23. The highest BCUT2D eigenvalue weighted by molar-refractivity contribution is 6.33. The van der Waals surface area contributed by atoms with Crippen LogP contribution in [-0.4, -0.2) is 34.1 Å². The van der Waals surface area contributed by atoms with Crippen molar-refractivity contribution >= 4 is 17.5 Å². The zero-order valence-electron chi connectivity index (χ0n) is 17.0. The number of aryl methyl sites for hydroxylation is 2. The van der Waals surface area contributed by atoms with Crippen molar-refractivity contribution in [2.75, 3.05) is 7.05 Å². The van der Waals surface area contributed by atoms with Gasteiger partial charge in [-0.15, -0.1) is 0 Å². The van der Waals surface area contributed by atoms with Crippen LogP contribution in [0, 0.1) is 13.8 Å². The molecule has 1 amide bonds. The van der Waals surface area contributed by atoms with Crippen LogP contribution in [0.3, 0.4) is 0 Å². The van der Waals surface area contributed by atoms with Crippen LogP contribution < -0.4 is 4.74 Å². The molecular formula is C22H24ClN3O3. The molecule has 0 fully saturated rings. The van der Waals surface area contributed by atoms with E-state index in [0.717, 1.165) is 16.9 Å². The third-order valence-electron chi connectivity index (χ3n) is 4.59. The van der Waals surface area contributed by atoms with Gasteiger partial charge in [-0.3, -0.25) is 4.79 Å². The van der Waals surface area contributed by atoms with E-state index >= 15 is 0 Å². The normalized spacial score (nSPS) is 11.9. The van der Waals surface area contributed by atoms with Gasteiger partial charge in [0.15, 0.2) is 6.10 Å². The van der Waals surface area contributed by atoms with Crippen LogP contribution >= 0.6 is 11.6 Å². The van der Waals surface area contributed by atoms with Crippen LogP contribution in [0.15, 0.2) is 47.0 Å². The highest BCUT2D eigenvalue weighted by Gasteiger charge is 2.24. The number of benzene rings is 2. The van der Waals surface area contributed by atoms with Crippen molar-refractivity contribution in [3.63, 3.8) is 0 Å². The highest BCUT2D eigenvalue weighted by atomic mass is 35.5. The van der Waals surface area contributed by atoms with E-state index in [1.807, 2.05) is 57.2 Å². The van der Waals surface area contributed by atoms with E-state index < -0.39 is 6.10 Å². The van der Waals surface area contributed by atoms with Crippen molar-refractivity contribution < 1.29 is 14.1 Å². The molecule has 29 heavy (non-hydrogen) atoms. The van der Waals surface area contributed by atoms with E-state index in [0.29, 0.717) is 28.7 Å². The summed E-state index contributed by atoms with van der Waals surface area (Å²) in [5, 5.41) is 4.51. The maximum Gasteiger partial charge on any atom is 0.263 e. The Hall–Kier alpha value is -2.86. The molecular weight excluding hydrogens is 390 g/mol. The molecule has 1 atom stereocenters. The summed E-state index contributed by atoms with van der Waals surface area (Å²) in [6, 6.07) is 13.2. The Balaban J connectivity index is 1.69. The number of hydrogen-bond donors (Lipinski definition) is 0. The summed E-state index contributed by atoms with van der Waals surface area (Å²) in [5.41, 5.74) is 2.76. The molecule has 0 unspecified atom stereocenters. The van der Waals surface area contributed by atoms with Gasteiger partial charge in [-0.25, -0.2) is 0 Å². The fraction of sp³-hybridized carbons (Fsp3) is 0.318. The van der Waals surface area contributed by atoms with Crippen molar-refractivity contribution in [2.45, 2.75) is 39.8 Å². The molecule has 1 aromatic heterocycles. The molecule has 0 saturated heterocycles. The van der Waals surface area contributed by atoms with Gasteiger partial charge in [0.2, 0.25) is 11.7 Å². The fourth-order valence-electron chi connectivity index (χ4n) is 2.89. The van der Waals surface area contributed by atoms with Crippen molar-refractivity contribution in [1.29, 1.82) is 0 Å². The van der Waals surface area contributed by atoms with E-state index in [9.17, 15) is 4.79 Å². The van der Waals surface area contributed by atoms with Gasteiger partial charge in [0.1, 0.15) is 5.75 Å². The van der Waals surface area contributed by atoms with Crippen molar-refractivity contribution in [3.8, 4) is 17.1 Å². The zero-order valence-corrected chi connectivity index (χ0v) is 17.7. The topological polar surface area (TPSA) is 68.5 Å². The Morgan fingerprint density at radius 3 is 2.72 bits per heavy atom. The number of rotatable bonds is 7. The maximum absolute atomic E-state index is 12.9.